The molecule has 98 heavy (non-hydrogen) atoms. The van der Waals surface area contributed by atoms with E-state index in [9.17, 15) is 43.2 Å². The summed E-state index contributed by atoms with van der Waals surface area (Å²) in [6.45, 7) is 7.34. The summed E-state index contributed by atoms with van der Waals surface area (Å²) in [5.74, 6) is -1.30. The first kappa shape index (κ1) is 96.1. The fourth-order valence-corrected chi connectivity index (χ4v) is 13.8. The minimum absolute atomic E-state index is 0.108. The second-order valence-corrected chi connectivity index (χ2v) is 31.8. The Morgan fingerprint density at radius 2 is 0.469 bits per heavy atom. The number of phosphoric acid groups is 2. The smallest absolute Gasteiger partial charge is 0.462 e. The molecule has 0 saturated heterocycles. The molecule has 0 spiro atoms. The van der Waals surface area contributed by atoms with Crippen LogP contribution in [0.25, 0.3) is 0 Å². The van der Waals surface area contributed by atoms with E-state index >= 15 is 0 Å². The van der Waals surface area contributed by atoms with Crippen molar-refractivity contribution in [1.82, 2.24) is 0 Å². The summed E-state index contributed by atoms with van der Waals surface area (Å²) in [5.41, 5.74) is 0. The highest BCUT2D eigenvalue weighted by molar-refractivity contribution is 7.47. The zero-order chi connectivity index (χ0) is 71.9. The minimum Gasteiger partial charge on any atom is -0.462 e. The van der Waals surface area contributed by atoms with Crippen LogP contribution in [0.2, 0.25) is 0 Å². The molecule has 0 aliphatic rings. The number of aliphatic hydroxyl groups is 1. The van der Waals surface area contributed by atoms with Crippen molar-refractivity contribution in [2.24, 2.45) is 5.92 Å². The lowest BCUT2D eigenvalue weighted by atomic mass is 10.0. The maximum atomic E-state index is 13.1. The topological polar surface area (TPSA) is 237 Å². The normalized spacial score (nSPS) is 13.9. The molecule has 0 heterocycles. The largest absolute Gasteiger partial charge is 0.472 e. The summed E-state index contributed by atoms with van der Waals surface area (Å²) in [4.78, 5) is 72.9. The Kier molecular flexibility index (Phi) is 70.6. The molecule has 0 fully saturated rings. The van der Waals surface area contributed by atoms with E-state index in [1.54, 1.807) is 0 Å². The van der Waals surface area contributed by atoms with Crippen LogP contribution in [0.1, 0.15) is 420 Å². The van der Waals surface area contributed by atoms with Gasteiger partial charge in [-0.25, -0.2) is 9.13 Å². The quantitative estimate of drug-likeness (QED) is 0.0222. The first-order chi connectivity index (χ1) is 47.5. The van der Waals surface area contributed by atoms with Gasteiger partial charge in [-0.15, -0.1) is 0 Å². The highest BCUT2D eigenvalue weighted by Gasteiger charge is 2.30. The molecule has 0 bridgehead atoms. The Morgan fingerprint density at radius 1 is 0.276 bits per heavy atom. The molecule has 0 aromatic carbocycles. The van der Waals surface area contributed by atoms with Gasteiger partial charge in [-0.1, -0.05) is 369 Å². The average molecular weight is 1440 g/mol. The predicted octanol–water partition coefficient (Wildman–Crippen LogP) is 23.6. The standard InChI is InChI=1S/C79H154O17P2/c1-6-9-12-15-18-21-24-26-27-28-31-34-39-43-48-53-58-63-77(82)90-69-75(96-79(84)65-60-55-50-45-40-35-32-29-30-33-37-41-46-51-56-61-72(4)5)71-94-98(87,88)92-67-73(80)66-91-97(85,86)93-70-74(68-89-76(81)62-57-52-47-42-36-23-20-17-14-11-8-3)95-78(83)64-59-54-49-44-38-25-22-19-16-13-10-7-2/h72-75,80H,6-71H2,1-5H3,(H,85,86)(H,87,88)/t73-,74+,75+/m0/s1. The molecule has 3 N–H and O–H groups in total. The number of ether oxygens (including phenoxy) is 4. The van der Waals surface area contributed by atoms with Gasteiger partial charge in [0.1, 0.15) is 19.3 Å². The summed E-state index contributed by atoms with van der Waals surface area (Å²) in [5, 5.41) is 10.6. The van der Waals surface area contributed by atoms with Crippen molar-refractivity contribution < 1.29 is 80.2 Å². The van der Waals surface area contributed by atoms with Crippen LogP contribution in [0, 0.1) is 5.92 Å². The molecule has 17 nitrogen and oxygen atoms in total. The molecule has 0 aliphatic heterocycles. The molecule has 0 aliphatic carbocycles. The summed E-state index contributed by atoms with van der Waals surface area (Å²) in [7, 11) is -9.91. The van der Waals surface area contributed by atoms with Crippen LogP contribution in [0.15, 0.2) is 0 Å². The average Bonchev–Trinajstić information content (AvgIpc) is 0.985. The van der Waals surface area contributed by atoms with Crippen LogP contribution in [-0.2, 0) is 65.4 Å². The Labute approximate surface area is 600 Å². The van der Waals surface area contributed by atoms with Gasteiger partial charge in [-0.05, 0) is 31.6 Å². The molecule has 0 amide bonds. The number of rotatable bonds is 79. The van der Waals surface area contributed by atoms with Gasteiger partial charge in [0.2, 0.25) is 0 Å². The van der Waals surface area contributed by atoms with Gasteiger partial charge in [-0.3, -0.25) is 37.3 Å². The maximum absolute atomic E-state index is 13.1. The third-order valence-corrected chi connectivity index (χ3v) is 20.4. The number of carbonyl (C=O) groups excluding carboxylic acids is 4. The van der Waals surface area contributed by atoms with Gasteiger partial charge in [0.05, 0.1) is 26.4 Å². The van der Waals surface area contributed by atoms with E-state index in [0.29, 0.717) is 25.7 Å². The molecular formula is C79H154O17P2. The molecule has 582 valence electrons. The number of hydrogen-bond acceptors (Lipinski definition) is 15. The second-order valence-electron chi connectivity index (χ2n) is 28.9. The Bertz CT molecular complexity index is 1870. The van der Waals surface area contributed by atoms with Crippen LogP contribution in [0.4, 0.5) is 0 Å². The number of hydrogen-bond donors (Lipinski definition) is 3. The van der Waals surface area contributed by atoms with Crippen molar-refractivity contribution in [2.45, 2.75) is 438 Å². The van der Waals surface area contributed by atoms with Gasteiger partial charge >= 0.3 is 39.5 Å². The van der Waals surface area contributed by atoms with Crippen molar-refractivity contribution >= 4 is 39.5 Å². The Hall–Kier alpha value is -1.94. The molecule has 0 radical (unpaired) electrons. The van der Waals surface area contributed by atoms with Crippen molar-refractivity contribution in [3.8, 4) is 0 Å². The number of unbranched alkanes of at least 4 members (excludes halogenated alkanes) is 51. The first-order valence-electron chi connectivity index (χ1n) is 41.1. The number of aliphatic hydroxyl groups excluding tert-OH is 1. The second kappa shape index (κ2) is 72.0. The van der Waals surface area contributed by atoms with Crippen LogP contribution in [0.5, 0.6) is 0 Å². The molecular weight excluding hydrogens is 1280 g/mol. The zero-order valence-corrected chi connectivity index (χ0v) is 65.7. The monoisotopic (exact) mass is 1440 g/mol. The molecule has 0 saturated carbocycles. The molecule has 0 rings (SSSR count). The highest BCUT2D eigenvalue weighted by Crippen LogP contribution is 2.45. The number of phosphoric ester groups is 2. The SMILES string of the molecule is CCCCCCCCCCCCCCCCCCCC(=O)OC[C@H](COP(=O)(O)OC[C@@H](O)COP(=O)(O)OC[C@@H](COC(=O)CCCCCCCCCCCCC)OC(=O)CCCCCCCCCCCCCC)OC(=O)CCCCCCCCCCCCCCCCCC(C)C. The van der Waals surface area contributed by atoms with Crippen LogP contribution < -0.4 is 0 Å². The van der Waals surface area contributed by atoms with Crippen molar-refractivity contribution in [2.75, 3.05) is 39.6 Å². The molecule has 19 heteroatoms. The van der Waals surface area contributed by atoms with E-state index < -0.39 is 97.5 Å². The van der Waals surface area contributed by atoms with Gasteiger partial charge < -0.3 is 33.8 Å². The predicted molar refractivity (Wildman–Crippen MR) is 400 cm³/mol. The van der Waals surface area contributed by atoms with Crippen LogP contribution >= 0.6 is 15.6 Å². The lowest BCUT2D eigenvalue weighted by Crippen LogP contribution is -2.30. The Morgan fingerprint density at radius 3 is 0.694 bits per heavy atom. The highest BCUT2D eigenvalue weighted by atomic mass is 31.2. The van der Waals surface area contributed by atoms with Crippen molar-refractivity contribution in [3.05, 3.63) is 0 Å². The van der Waals surface area contributed by atoms with E-state index in [1.165, 1.54) is 244 Å². The van der Waals surface area contributed by atoms with Crippen molar-refractivity contribution in [3.63, 3.8) is 0 Å². The lowest BCUT2D eigenvalue weighted by Gasteiger charge is -2.21. The fourth-order valence-electron chi connectivity index (χ4n) is 12.2. The van der Waals surface area contributed by atoms with Crippen LogP contribution in [0.3, 0.4) is 0 Å². The maximum Gasteiger partial charge on any atom is 0.472 e. The summed E-state index contributed by atoms with van der Waals surface area (Å²) in [6.07, 6.45) is 62.3. The summed E-state index contributed by atoms with van der Waals surface area (Å²) < 4.78 is 68.6. The van der Waals surface area contributed by atoms with Crippen LogP contribution in [-0.4, -0.2) is 96.7 Å². The summed E-state index contributed by atoms with van der Waals surface area (Å²) in [6, 6.07) is 0. The lowest BCUT2D eigenvalue weighted by molar-refractivity contribution is -0.161. The van der Waals surface area contributed by atoms with E-state index in [1.807, 2.05) is 0 Å². The van der Waals surface area contributed by atoms with Crippen molar-refractivity contribution in [1.29, 1.82) is 0 Å². The van der Waals surface area contributed by atoms with E-state index in [0.717, 1.165) is 95.8 Å². The van der Waals surface area contributed by atoms with Gasteiger partial charge in [0, 0.05) is 25.7 Å². The molecule has 0 aromatic rings. The third-order valence-electron chi connectivity index (χ3n) is 18.5. The zero-order valence-electron chi connectivity index (χ0n) is 63.9. The van der Waals surface area contributed by atoms with E-state index in [2.05, 4.69) is 34.6 Å². The third kappa shape index (κ3) is 72.4. The summed E-state index contributed by atoms with van der Waals surface area (Å²) >= 11 is 0. The number of carbonyl (C=O) groups is 4. The first-order valence-corrected chi connectivity index (χ1v) is 44.1. The fraction of sp³-hybridized carbons (Fsp3) is 0.949. The molecule has 2 unspecified atom stereocenters. The Balaban J connectivity index is 5.24. The molecule has 5 atom stereocenters. The number of esters is 4. The van der Waals surface area contributed by atoms with Gasteiger partial charge in [0.15, 0.2) is 12.2 Å². The van der Waals surface area contributed by atoms with E-state index in [4.69, 9.17) is 37.0 Å². The molecule has 0 aromatic heterocycles. The van der Waals surface area contributed by atoms with E-state index in [-0.39, 0.29) is 25.7 Å². The minimum atomic E-state index is -4.96. The van der Waals surface area contributed by atoms with Gasteiger partial charge in [0.25, 0.3) is 0 Å². The van der Waals surface area contributed by atoms with Gasteiger partial charge in [-0.2, -0.15) is 0 Å².